The van der Waals surface area contributed by atoms with Crippen LogP contribution in [0.15, 0.2) is 10.7 Å². The summed E-state index contributed by atoms with van der Waals surface area (Å²) < 4.78 is 5.75. The lowest BCUT2D eigenvalue weighted by Gasteiger charge is -2.29. The Morgan fingerprint density at radius 2 is 2.19 bits per heavy atom. The minimum absolute atomic E-state index is 0.422. The van der Waals surface area contributed by atoms with E-state index in [1.165, 1.54) is 7.11 Å². The van der Waals surface area contributed by atoms with E-state index in [2.05, 4.69) is 31.2 Å². The largest absolute Gasteiger partial charge is 0.480 e. The zero-order valence-electron chi connectivity index (χ0n) is 9.78. The Bertz CT molecular complexity index is 369. The third-order valence-corrected chi connectivity index (χ3v) is 2.93. The summed E-state index contributed by atoms with van der Waals surface area (Å²) in [6, 6.07) is 0. The highest BCUT2D eigenvalue weighted by Crippen LogP contribution is 2.23. The molecule has 2 N–H and O–H groups in total. The van der Waals surface area contributed by atoms with Gasteiger partial charge in [-0.05, 0) is 36.7 Å². The number of rotatable bonds is 4. The quantitative estimate of drug-likeness (QED) is 0.885. The van der Waals surface area contributed by atoms with Crippen molar-refractivity contribution in [3.63, 3.8) is 0 Å². The number of anilines is 1. The molecule has 1 heterocycles. The van der Waals surface area contributed by atoms with Gasteiger partial charge in [-0.3, -0.25) is 0 Å². The Labute approximate surface area is 103 Å². The maximum Gasteiger partial charge on any atom is 0.232 e. The Hall–Kier alpha value is -0.880. The van der Waals surface area contributed by atoms with E-state index in [-0.39, 0.29) is 0 Å². The van der Waals surface area contributed by atoms with Crippen LogP contribution in [-0.4, -0.2) is 33.8 Å². The number of halogens is 1. The van der Waals surface area contributed by atoms with Gasteiger partial charge in [0, 0.05) is 0 Å². The van der Waals surface area contributed by atoms with Crippen LogP contribution in [0.5, 0.6) is 5.88 Å². The number of methoxy groups -OCH3 is 1. The molecule has 0 spiro atoms. The van der Waals surface area contributed by atoms with Gasteiger partial charge in [-0.2, -0.15) is 4.98 Å². The van der Waals surface area contributed by atoms with Crippen LogP contribution in [0.2, 0.25) is 0 Å². The number of nitrogens with zero attached hydrogens (tertiary/aromatic N) is 2. The van der Waals surface area contributed by atoms with Crippen molar-refractivity contribution < 1.29 is 9.84 Å². The summed E-state index contributed by atoms with van der Waals surface area (Å²) >= 11 is 3.27. The molecule has 6 heteroatoms. The molecule has 0 amide bonds. The molecule has 16 heavy (non-hydrogen) atoms. The van der Waals surface area contributed by atoms with Crippen LogP contribution in [-0.2, 0) is 0 Å². The zero-order chi connectivity index (χ0) is 12.3. The van der Waals surface area contributed by atoms with Crippen LogP contribution in [0, 0.1) is 0 Å². The molecule has 1 aromatic heterocycles. The van der Waals surface area contributed by atoms with Crippen molar-refractivity contribution in [3.05, 3.63) is 10.7 Å². The first-order valence-corrected chi connectivity index (χ1v) is 5.69. The molecule has 0 aliphatic heterocycles. The van der Waals surface area contributed by atoms with E-state index >= 15 is 0 Å². The predicted molar refractivity (Wildman–Crippen MR) is 65.7 cm³/mol. The predicted octanol–water partition coefficient (Wildman–Crippen LogP) is 1.82. The maximum atomic E-state index is 9.56. The molecule has 0 saturated heterocycles. The third kappa shape index (κ3) is 3.05. The molecule has 0 fully saturated rings. The van der Waals surface area contributed by atoms with Crippen LogP contribution in [0.3, 0.4) is 0 Å². The molecule has 1 aromatic rings. The van der Waals surface area contributed by atoms with Gasteiger partial charge >= 0.3 is 0 Å². The van der Waals surface area contributed by atoms with E-state index < -0.39 is 11.6 Å². The normalized spacial score (nSPS) is 13.4. The average Bonchev–Trinajstić information content (AvgIpc) is 2.20. The molecule has 1 atom stereocenters. The van der Waals surface area contributed by atoms with Crippen molar-refractivity contribution in [2.24, 2.45) is 0 Å². The van der Waals surface area contributed by atoms with Crippen LogP contribution < -0.4 is 10.1 Å². The van der Waals surface area contributed by atoms with E-state index in [9.17, 15) is 5.11 Å². The highest BCUT2D eigenvalue weighted by atomic mass is 79.9. The molecule has 0 saturated carbocycles. The number of aliphatic hydroxyl groups excluding tert-OH is 1. The summed E-state index contributed by atoms with van der Waals surface area (Å²) in [6.07, 6.45) is 1.08. The Morgan fingerprint density at radius 1 is 1.56 bits per heavy atom. The van der Waals surface area contributed by atoms with Gasteiger partial charge in [-0.1, -0.05) is 0 Å². The van der Waals surface area contributed by atoms with E-state index in [4.69, 9.17) is 4.74 Å². The second kappa shape index (κ2) is 4.97. The molecule has 1 unspecified atom stereocenters. The lowest BCUT2D eigenvalue weighted by atomic mass is 9.99. The van der Waals surface area contributed by atoms with Crippen LogP contribution >= 0.6 is 15.9 Å². The number of aromatic nitrogens is 2. The first-order chi connectivity index (χ1) is 7.36. The minimum atomic E-state index is -0.522. The molecule has 5 nitrogen and oxygen atoms in total. The number of hydrogen-bond donors (Lipinski definition) is 2. The van der Waals surface area contributed by atoms with Gasteiger partial charge in [0.05, 0.1) is 29.4 Å². The number of nitrogens with one attached hydrogen (secondary N) is 1. The van der Waals surface area contributed by atoms with Crippen molar-refractivity contribution in [3.8, 4) is 5.88 Å². The lowest BCUT2D eigenvalue weighted by molar-refractivity contribution is 0.132. The molecule has 0 aliphatic rings. The Kier molecular flexibility index (Phi) is 4.09. The molecule has 0 aliphatic carbocycles. The van der Waals surface area contributed by atoms with Crippen molar-refractivity contribution in [1.29, 1.82) is 0 Å². The smallest absolute Gasteiger partial charge is 0.232 e. The molecular formula is C10H16BrN3O2. The standard InChI is InChI=1S/C10H16BrN3O2/c1-6(15)10(2,3)14-9-12-5-7(11)8(13-9)16-4/h5-6,15H,1-4H3,(H,12,13,14). The van der Waals surface area contributed by atoms with Gasteiger partial charge in [0.2, 0.25) is 11.8 Å². The van der Waals surface area contributed by atoms with Crippen LogP contribution in [0.4, 0.5) is 5.95 Å². The van der Waals surface area contributed by atoms with Crippen molar-refractivity contribution in [2.75, 3.05) is 12.4 Å². The SMILES string of the molecule is COc1nc(NC(C)(C)C(C)O)ncc1Br. The van der Waals surface area contributed by atoms with E-state index in [0.717, 1.165) is 0 Å². The van der Waals surface area contributed by atoms with Gasteiger partial charge in [-0.25, -0.2) is 4.98 Å². The summed E-state index contributed by atoms with van der Waals surface area (Å²) in [5.74, 6) is 0.879. The van der Waals surface area contributed by atoms with E-state index in [1.807, 2.05) is 13.8 Å². The maximum absolute atomic E-state index is 9.56. The van der Waals surface area contributed by atoms with Gasteiger partial charge in [-0.15, -0.1) is 0 Å². The van der Waals surface area contributed by atoms with Gasteiger partial charge in [0.15, 0.2) is 0 Å². The minimum Gasteiger partial charge on any atom is -0.480 e. The second-order valence-electron chi connectivity index (χ2n) is 4.07. The highest BCUT2D eigenvalue weighted by molar-refractivity contribution is 9.10. The molecule has 0 radical (unpaired) electrons. The number of aliphatic hydroxyl groups is 1. The fraction of sp³-hybridized carbons (Fsp3) is 0.600. The van der Waals surface area contributed by atoms with Crippen molar-refractivity contribution >= 4 is 21.9 Å². The van der Waals surface area contributed by atoms with Crippen LogP contribution in [0.25, 0.3) is 0 Å². The molecular weight excluding hydrogens is 274 g/mol. The Balaban J connectivity index is 2.90. The zero-order valence-corrected chi connectivity index (χ0v) is 11.4. The monoisotopic (exact) mass is 289 g/mol. The first kappa shape index (κ1) is 13.2. The first-order valence-electron chi connectivity index (χ1n) is 4.89. The molecule has 0 aromatic carbocycles. The fourth-order valence-electron chi connectivity index (χ4n) is 0.947. The van der Waals surface area contributed by atoms with E-state index in [1.54, 1.807) is 13.1 Å². The summed E-state index contributed by atoms with van der Waals surface area (Å²) in [4.78, 5) is 8.25. The summed E-state index contributed by atoms with van der Waals surface area (Å²) in [7, 11) is 1.54. The van der Waals surface area contributed by atoms with Crippen molar-refractivity contribution in [1.82, 2.24) is 9.97 Å². The fourth-order valence-corrected chi connectivity index (χ4v) is 1.30. The molecule has 1 rings (SSSR count). The summed E-state index contributed by atoms with van der Waals surface area (Å²) in [5.41, 5.74) is -0.501. The molecule has 90 valence electrons. The summed E-state index contributed by atoms with van der Waals surface area (Å²) in [5, 5.41) is 12.6. The van der Waals surface area contributed by atoms with Crippen molar-refractivity contribution in [2.45, 2.75) is 32.4 Å². The van der Waals surface area contributed by atoms with Gasteiger partial charge in [0.25, 0.3) is 0 Å². The van der Waals surface area contributed by atoms with Gasteiger partial charge < -0.3 is 15.2 Å². The highest BCUT2D eigenvalue weighted by Gasteiger charge is 2.25. The van der Waals surface area contributed by atoms with E-state index in [0.29, 0.717) is 16.3 Å². The third-order valence-electron chi connectivity index (χ3n) is 2.38. The summed E-state index contributed by atoms with van der Waals surface area (Å²) in [6.45, 7) is 5.45. The lowest BCUT2D eigenvalue weighted by Crippen LogP contribution is -2.42. The number of ether oxygens (including phenoxy) is 1. The average molecular weight is 290 g/mol. The number of hydrogen-bond acceptors (Lipinski definition) is 5. The molecule has 0 bridgehead atoms. The van der Waals surface area contributed by atoms with Crippen LogP contribution in [0.1, 0.15) is 20.8 Å². The topological polar surface area (TPSA) is 67.3 Å². The Morgan fingerprint density at radius 3 is 2.69 bits per heavy atom. The second-order valence-corrected chi connectivity index (χ2v) is 4.93. The van der Waals surface area contributed by atoms with Gasteiger partial charge in [0.1, 0.15) is 0 Å².